The minimum Gasteiger partial charge on any atom is -0.461 e. The number of hydrogen-bond acceptors (Lipinski definition) is 5. The highest BCUT2D eigenvalue weighted by Gasteiger charge is 2.22. The van der Waals surface area contributed by atoms with Gasteiger partial charge in [-0.1, -0.05) is 41.4 Å². The molecule has 30 heavy (non-hydrogen) atoms. The molecule has 3 aromatic rings. The van der Waals surface area contributed by atoms with E-state index in [2.05, 4.69) is 10.4 Å². The van der Waals surface area contributed by atoms with Crippen LogP contribution in [0.5, 0.6) is 0 Å². The molecule has 0 saturated carbocycles. The summed E-state index contributed by atoms with van der Waals surface area (Å²) in [5.41, 5.74) is 0.524. The third kappa shape index (κ3) is 4.53. The van der Waals surface area contributed by atoms with Crippen LogP contribution in [0.1, 0.15) is 33.3 Å². The molecule has 1 heterocycles. The zero-order valence-corrected chi connectivity index (χ0v) is 17.6. The molecule has 0 atom stereocenters. The van der Waals surface area contributed by atoms with Crippen LogP contribution in [0.4, 0.5) is 5.69 Å². The monoisotopic (exact) mass is 445 g/mol. The summed E-state index contributed by atoms with van der Waals surface area (Å²) in [6.07, 6.45) is 0. The van der Waals surface area contributed by atoms with Crippen molar-refractivity contribution in [2.45, 2.75) is 13.8 Å². The zero-order valence-electron chi connectivity index (χ0n) is 16.1. The molecule has 0 radical (unpaired) electrons. The molecule has 0 aliphatic carbocycles. The minimum absolute atomic E-state index is 0.0852. The number of aryl methyl sites for hydroxylation is 1. The second-order valence-electron chi connectivity index (χ2n) is 6.24. The van der Waals surface area contributed by atoms with Gasteiger partial charge >= 0.3 is 5.97 Å². The van der Waals surface area contributed by atoms with Gasteiger partial charge in [0.1, 0.15) is 0 Å². The lowest BCUT2D eigenvalue weighted by Gasteiger charge is -2.14. The molecule has 154 valence electrons. The van der Waals surface area contributed by atoms with Crippen LogP contribution in [0.3, 0.4) is 0 Å². The highest BCUT2D eigenvalue weighted by molar-refractivity contribution is 6.36. The van der Waals surface area contributed by atoms with E-state index in [0.29, 0.717) is 10.7 Å². The van der Waals surface area contributed by atoms with E-state index < -0.39 is 17.4 Å². The van der Waals surface area contributed by atoms with Crippen molar-refractivity contribution in [1.29, 1.82) is 0 Å². The number of anilines is 1. The van der Waals surface area contributed by atoms with Gasteiger partial charge in [0.25, 0.3) is 11.5 Å². The molecule has 0 unspecified atom stereocenters. The Morgan fingerprint density at radius 2 is 1.87 bits per heavy atom. The molecule has 1 aromatic heterocycles. The summed E-state index contributed by atoms with van der Waals surface area (Å²) >= 11 is 12.0. The fraction of sp³-hybridized carbons (Fsp3) is 0.143. The maximum atomic E-state index is 12.7. The average Bonchev–Trinajstić information content (AvgIpc) is 2.70. The van der Waals surface area contributed by atoms with Crippen molar-refractivity contribution in [3.63, 3.8) is 0 Å². The molecule has 7 nitrogen and oxygen atoms in total. The van der Waals surface area contributed by atoms with Crippen LogP contribution in [0.2, 0.25) is 10.0 Å². The van der Waals surface area contributed by atoms with Crippen LogP contribution in [-0.4, -0.2) is 28.3 Å². The fourth-order valence-electron chi connectivity index (χ4n) is 2.74. The average molecular weight is 446 g/mol. The molecule has 3 rings (SSSR count). The number of esters is 1. The van der Waals surface area contributed by atoms with Crippen LogP contribution in [-0.2, 0) is 4.74 Å². The second-order valence-corrected chi connectivity index (χ2v) is 7.09. The third-order valence-corrected chi connectivity index (χ3v) is 4.73. The molecule has 0 spiro atoms. The minimum atomic E-state index is -0.785. The van der Waals surface area contributed by atoms with Crippen molar-refractivity contribution < 1.29 is 14.3 Å². The maximum Gasteiger partial charge on any atom is 0.360 e. The summed E-state index contributed by atoms with van der Waals surface area (Å²) < 4.78 is 6.13. The molecular formula is C21H17Cl2N3O4. The molecule has 0 fully saturated rings. The number of para-hydroxylation sites is 1. The quantitative estimate of drug-likeness (QED) is 0.591. The molecule has 0 aliphatic heterocycles. The SMILES string of the molecule is CCOC(=O)c1nn(-c2ccccc2C)c(=O)cc1NC(=O)c1cc(Cl)ccc1Cl. The summed E-state index contributed by atoms with van der Waals surface area (Å²) in [6, 6.07) is 12.6. The van der Waals surface area contributed by atoms with E-state index in [0.717, 1.165) is 16.3 Å². The van der Waals surface area contributed by atoms with E-state index in [4.69, 9.17) is 27.9 Å². The van der Waals surface area contributed by atoms with Gasteiger partial charge in [0.05, 0.1) is 28.6 Å². The largest absolute Gasteiger partial charge is 0.461 e. The van der Waals surface area contributed by atoms with E-state index in [1.54, 1.807) is 19.1 Å². The summed E-state index contributed by atoms with van der Waals surface area (Å²) in [4.78, 5) is 37.9. The number of amides is 1. The van der Waals surface area contributed by atoms with Crippen LogP contribution in [0.25, 0.3) is 5.69 Å². The first-order valence-corrected chi connectivity index (χ1v) is 9.71. The zero-order chi connectivity index (χ0) is 21.8. The lowest BCUT2D eigenvalue weighted by molar-refractivity contribution is 0.0518. The normalized spacial score (nSPS) is 10.5. The van der Waals surface area contributed by atoms with E-state index >= 15 is 0 Å². The topological polar surface area (TPSA) is 90.3 Å². The van der Waals surface area contributed by atoms with Crippen LogP contribution >= 0.6 is 23.2 Å². The Labute approximate surface area is 182 Å². The van der Waals surface area contributed by atoms with Crippen molar-refractivity contribution in [3.8, 4) is 5.69 Å². The van der Waals surface area contributed by atoms with Crippen molar-refractivity contribution in [2.75, 3.05) is 11.9 Å². The van der Waals surface area contributed by atoms with E-state index in [-0.39, 0.29) is 28.6 Å². The third-order valence-electron chi connectivity index (χ3n) is 4.17. The number of benzene rings is 2. The van der Waals surface area contributed by atoms with Gasteiger partial charge in [-0.05, 0) is 43.7 Å². The highest BCUT2D eigenvalue weighted by Crippen LogP contribution is 2.23. The highest BCUT2D eigenvalue weighted by atomic mass is 35.5. The number of carbonyl (C=O) groups is 2. The fourth-order valence-corrected chi connectivity index (χ4v) is 3.11. The van der Waals surface area contributed by atoms with Crippen LogP contribution < -0.4 is 10.9 Å². The Morgan fingerprint density at radius 1 is 1.13 bits per heavy atom. The Balaban J connectivity index is 2.10. The standard InChI is InChI=1S/C21H17Cl2N3O4/c1-3-30-21(29)19-16(24-20(28)14-10-13(22)8-9-15(14)23)11-18(27)26(25-19)17-7-5-4-6-12(17)2/h4-11H,3H2,1-2H3,(H,24,28). The lowest BCUT2D eigenvalue weighted by atomic mass is 10.2. The Kier molecular flexibility index (Phi) is 6.54. The molecule has 0 aliphatic rings. The predicted octanol–water partition coefficient (Wildman–Crippen LogP) is 4.28. The van der Waals surface area contributed by atoms with E-state index in [9.17, 15) is 14.4 Å². The van der Waals surface area contributed by atoms with Crippen molar-refractivity contribution in [3.05, 3.63) is 85.8 Å². The molecule has 2 aromatic carbocycles. The molecule has 9 heteroatoms. The number of hydrogen-bond donors (Lipinski definition) is 1. The molecular weight excluding hydrogens is 429 g/mol. The number of halogens is 2. The van der Waals surface area contributed by atoms with Crippen molar-refractivity contribution in [1.82, 2.24) is 9.78 Å². The van der Waals surface area contributed by atoms with Gasteiger partial charge in [0, 0.05) is 11.1 Å². The number of rotatable bonds is 5. The summed E-state index contributed by atoms with van der Waals surface area (Å²) in [5.74, 6) is -1.43. The smallest absolute Gasteiger partial charge is 0.360 e. The number of carbonyl (C=O) groups excluding carboxylic acids is 2. The molecule has 0 saturated heterocycles. The van der Waals surface area contributed by atoms with Gasteiger partial charge < -0.3 is 10.1 Å². The van der Waals surface area contributed by atoms with E-state index in [1.165, 1.54) is 18.2 Å². The molecule has 0 bridgehead atoms. The summed E-state index contributed by atoms with van der Waals surface area (Å²) in [7, 11) is 0. The predicted molar refractivity (Wildman–Crippen MR) is 115 cm³/mol. The first kappa shape index (κ1) is 21.5. The first-order valence-electron chi connectivity index (χ1n) is 8.95. The van der Waals surface area contributed by atoms with Gasteiger partial charge in [-0.25, -0.2) is 4.79 Å². The van der Waals surface area contributed by atoms with Crippen LogP contribution in [0, 0.1) is 6.92 Å². The van der Waals surface area contributed by atoms with Crippen LogP contribution in [0.15, 0.2) is 53.3 Å². The van der Waals surface area contributed by atoms with Gasteiger partial charge in [-0.3, -0.25) is 9.59 Å². The van der Waals surface area contributed by atoms with Crippen molar-refractivity contribution >= 4 is 40.8 Å². The second kappa shape index (κ2) is 9.11. The Hall–Kier alpha value is -3.16. The summed E-state index contributed by atoms with van der Waals surface area (Å²) in [6.45, 7) is 3.54. The number of nitrogens with one attached hydrogen (secondary N) is 1. The number of aromatic nitrogens is 2. The van der Waals surface area contributed by atoms with Gasteiger partial charge in [0.2, 0.25) is 0 Å². The Morgan fingerprint density at radius 3 is 2.57 bits per heavy atom. The Bertz CT molecular complexity index is 1190. The maximum absolute atomic E-state index is 12.7. The number of nitrogens with zero attached hydrogens (tertiary/aromatic N) is 2. The summed E-state index contributed by atoms with van der Waals surface area (Å²) in [5, 5.41) is 7.15. The van der Waals surface area contributed by atoms with Gasteiger partial charge in [-0.2, -0.15) is 9.78 Å². The van der Waals surface area contributed by atoms with Gasteiger partial charge in [-0.15, -0.1) is 0 Å². The molecule has 1 N–H and O–H groups in total. The lowest BCUT2D eigenvalue weighted by Crippen LogP contribution is -2.27. The number of ether oxygens (including phenoxy) is 1. The van der Waals surface area contributed by atoms with Gasteiger partial charge in [0.15, 0.2) is 5.69 Å². The molecule has 1 amide bonds. The first-order chi connectivity index (χ1) is 14.3. The van der Waals surface area contributed by atoms with E-state index in [1.807, 2.05) is 19.1 Å². The van der Waals surface area contributed by atoms with Crippen molar-refractivity contribution in [2.24, 2.45) is 0 Å².